The molecule has 0 bridgehead atoms. The Bertz CT molecular complexity index is 3370. The Balaban J connectivity index is 0.942. The predicted molar refractivity (Wildman–Crippen MR) is 318 cm³/mol. The summed E-state index contributed by atoms with van der Waals surface area (Å²) in [6.07, 6.45) is -0.540. The molecule has 8 rings (SSSR count). The Kier molecular flexibility index (Phi) is 20.4. The first-order valence-corrected chi connectivity index (χ1v) is 29.7. The maximum atomic E-state index is 15.7. The standard InChI is InChI=1S/C62H82FN11O13/c1-11-62(41-28-47-53-39(31-74(47)55(78)40(41)34-84-58(62)81)51-43(68-60(83)85-33-37-16-13-12-14-17-37)20-19-38-36(4)42(63)29-44(67-53)50(38)51)86-57(80)52(35(2)3)69-54(77)46-18-15-22-73(46)56(79)45(30-48(64)75)66-49(76)32-72(10)27-26-71(9)25-24-70(8)23-21-65-59(82)87-61(5,6)7/h12-14,16-17,28-29,35,43,45-46,52H,11,15,18-27,30-34H2,1-10H3,(H2,64,75)(H,65,82)(H,66,76)(H,68,83)(H,69,77)/t43-,45-,46-,52-,62-/m0/s1. The number of nitrogens with one attached hydrogen (secondary N) is 4. The van der Waals surface area contributed by atoms with E-state index in [1.54, 1.807) is 66.5 Å². The Morgan fingerprint density at radius 1 is 0.908 bits per heavy atom. The number of benzene rings is 2. The van der Waals surface area contributed by atoms with Gasteiger partial charge >= 0.3 is 24.1 Å². The summed E-state index contributed by atoms with van der Waals surface area (Å²) in [5.41, 5.74) is 6.43. The fourth-order valence-corrected chi connectivity index (χ4v) is 11.8. The van der Waals surface area contributed by atoms with Gasteiger partial charge in [0.05, 0.1) is 48.0 Å². The van der Waals surface area contributed by atoms with Gasteiger partial charge in [0.1, 0.15) is 42.8 Å². The lowest BCUT2D eigenvalue weighted by atomic mass is 9.81. The molecule has 3 aliphatic heterocycles. The normalized spacial score (nSPS) is 18.4. The number of pyridine rings is 2. The molecule has 2 aromatic carbocycles. The van der Waals surface area contributed by atoms with Crippen LogP contribution in [0.15, 0.2) is 47.3 Å². The molecule has 5 heterocycles. The van der Waals surface area contributed by atoms with Crippen LogP contribution in [0.4, 0.5) is 14.0 Å². The van der Waals surface area contributed by atoms with Crippen molar-refractivity contribution >= 4 is 58.7 Å². The van der Waals surface area contributed by atoms with Crippen LogP contribution in [-0.2, 0) is 79.5 Å². The number of amides is 6. The molecule has 24 nitrogen and oxygen atoms in total. The number of aryl methyl sites for hydroxylation is 1. The molecule has 1 aliphatic carbocycles. The molecule has 1 saturated heterocycles. The fourth-order valence-electron chi connectivity index (χ4n) is 11.8. The van der Waals surface area contributed by atoms with E-state index in [1.165, 1.54) is 15.5 Å². The number of rotatable bonds is 24. The predicted octanol–water partition coefficient (Wildman–Crippen LogP) is 3.80. The van der Waals surface area contributed by atoms with Crippen molar-refractivity contribution in [2.24, 2.45) is 11.7 Å². The van der Waals surface area contributed by atoms with E-state index in [0.29, 0.717) is 91.8 Å². The zero-order valence-corrected chi connectivity index (χ0v) is 51.4. The summed E-state index contributed by atoms with van der Waals surface area (Å²) in [6, 6.07) is 7.52. The fraction of sp³-hybridized carbons (Fsp3) is 0.548. The average Bonchev–Trinajstić information content (AvgIpc) is 1.64. The molecule has 4 aliphatic rings. The molecule has 1 fully saturated rings. The largest absolute Gasteiger partial charge is 0.457 e. The third kappa shape index (κ3) is 14.9. The van der Waals surface area contributed by atoms with Crippen molar-refractivity contribution < 1.29 is 61.7 Å². The molecule has 5 atom stereocenters. The molecule has 4 aromatic rings. The molecule has 0 unspecified atom stereocenters. The summed E-state index contributed by atoms with van der Waals surface area (Å²) >= 11 is 0. The molecule has 2 aromatic heterocycles. The van der Waals surface area contributed by atoms with Crippen LogP contribution in [0.25, 0.3) is 22.3 Å². The number of alkyl carbamates (subject to hydrolysis) is 2. The van der Waals surface area contributed by atoms with Crippen molar-refractivity contribution in [2.75, 3.05) is 73.5 Å². The second kappa shape index (κ2) is 27.3. The number of carbonyl (C=O) groups is 8. The second-order valence-corrected chi connectivity index (χ2v) is 24.5. The molecular weight excluding hydrogens is 1130 g/mol. The van der Waals surface area contributed by atoms with Gasteiger partial charge in [-0.2, -0.15) is 0 Å². The zero-order valence-electron chi connectivity index (χ0n) is 51.4. The number of fused-ring (bicyclic) bond motifs is 5. The van der Waals surface area contributed by atoms with Gasteiger partial charge in [0.15, 0.2) is 0 Å². The molecule has 470 valence electrons. The van der Waals surface area contributed by atoms with Gasteiger partial charge in [-0.05, 0) is 115 Å². The second-order valence-electron chi connectivity index (χ2n) is 24.5. The number of carbonyl (C=O) groups excluding carboxylic acids is 8. The van der Waals surface area contributed by atoms with Gasteiger partial charge in [0.25, 0.3) is 5.56 Å². The number of likely N-dealkylation sites (N-methyl/N-ethyl adjacent to an activating group) is 3. The van der Waals surface area contributed by atoms with Crippen LogP contribution in [0, 0.1) is 18.7 Å². The number of primary amides is 1. The van der Waals surface area contributed by atoms with Gasteiger partial charge in [-0.15, -0.1) is 0 Å². The van der Waals surface area contributed by atoms with Crippen molar-refractivity contribution in [2.45, 2.75) is 142 Å². The van der Waals surface area contributed by atoms with Crippen LogP contribution < -0.4 is 32.6 Å². The molecule has 6 amide bonds. The summed E-state index contributed by atoms with van der Waals surface area (Å²) in [5, 5.41) is 11.8. The summed E-state index contributed by atoms with van der Waals surface area (Å²) in [4.78, 5) is 136. The summed E-state index contributed by atoms with van der Waals surface area (Å²) in [7, 11) is 5.63. The number of hydrogen-bond donors (Lipinski definition) is 5. The van der Waals surface area contributed by atoms with Crippen LogP contribution >= 0.6 is 0 Å². The number of ether oxygens (including phenoxy) is 4. The maximum Gasteiger partial charge on any atom is 0.407 e. The molecule has 25 heteroatoms. The Morgan fingerprint density at radius 2 is 1.60 bits per heavy atom. The van der Waals surface area contributed by atoms with E-state index in [1.807, 2.05) is 44.4 Å². The van der Waals surface area contributed by atoms with Gasteiger partial charge in [-0.3, -0.25) is 28.9 Å². The average molecular weight is 1210 g/mol. The zero-order chi connectivity index (χ0) is 63.2. The highest BCUT2D eigenvalue weighted by Crippen LogP contribution is 2.47. The van der Waals surface area contributed by atoms with E-state index in [2.05, 4.69) is 31.1 Å². The Morgan fingerprint density at radius 3 is 2.26 bits per heavy atom. The third-order valence-electron chi connectivity index (χ3n) is 16.5. The summed E-state index contributed by atoms with van der Waals surface area (Å²) in [5.74, 6) is -5.98. The van der Waals surface area contributed by atoms with E-state index in [0.717, 1.165) is 11.1 Å². The number of esters is 2. The number of hydrogen-bond acceptors (Lipinski definition) is 17. The van der Waals surface area contributed by atoms with Crippen LogP contribution in [0.5, 0.6) is 0 Å². The van der Waals surface area contributed by atoms with Crippen molar-refractivity contribution in [3.05, 3.63) is 97.6 Å². The monoisotopic (exact) mass is 1210 g/mol. The number of aromatic nitrogens is 2. The van der Waals surface area contributed by atoms with Crippen LogP contribution in [0.2, 0.25) is 0 Å². The minimum atomic E-state index is -2.20. The molecule has 0 spiro atoms. The highest BCUT2D eigenvalue weighted by atomic mass is 19.1. The smallest absolute Gasteiger partial charge is 0.407 e. The minimum absolute atomic E-state index is 0.00348. The minimum Gasteiger partial charge on any atom is -0.457 e. The van der Waals surface area contributed by atoms with E-state index in [-0.39, 0.29) is 55.9 Å². The summed E-state index contributed by atoms with van der Waals surface area (Å²) < 4.78 is 40.0. The number of nitrogens with two attached hydrogens (primary N) is 1. The SMILES string of the molecule is CC[C@@]1(OC(=O)[C@@H](NC(=O)[C@@H]2CCCN2C(=O)[C@H](CC(N)=O)NC(=O)CN(C)CCN(C)CCN(C)CCNC(=O)OC(C)(C)C)C(C)C)C(=O)OCc2c1cc1n(c2=O)Cc2c-1nc1cc(F)c(C)c3c1c2[C@@H](NC(=O)OCc1ccccc1)CC3. The van der Waals surface area contributed by atoms with Crippen molar-refractivity contribution in [3.8, 4) is 11.4 Å². The molecule has 87 heavy (non-hydrogen) atoms. The van der Waals surface area contributed by atoms with E-state index in [9.17, 15) is 43.2 Å². The van der Waals surface area contributed by atoms with Gasteiger partial charge in [0.2, 0.25) is 29.2 Å². The Hall–Kier alpha value is -8.03. The van der Waals surface area contributed by atoms with Crippen molar-refractivity contribution in [1.82, 2.24) is 50.4 Å². The van der Waals surface area contributed by atoms with Gasteiger partial charge in [-0.1, -0.05) is 51.1 Å². The number of halogens is 1. The van der Waals surface area contributed by atoms with E-state index < -0.39 is 113 Å². The lowest BCUT2D eigenvalue weighted by molar-refractivity contribution is -0.191. The first kappa shape index (κ1) is 65.0. The first-order valence-electron chi connectivity index (χ1n) is 29.7. The molecule has 6 N–H and O–H groups in total. The lowest BCUT2D eigenvalue weighted by Crippen LogP contribution is -2.58. The highest BCUT2D eigenvalue weighted by molar-refractivity contribution is 5.97. The van der Waals surface area contributed by atoms with Crippen molar-refractivity contribution in [1.29, 1.82) is 0 Å². The number of likely N-dealkylation sites (tertiary alicyclic amines) is 1. The molecular formula is C62H82FN11O13. The quantitative estimate of drug-likeness (QED) is 0.0434. The first-order chi connectivity index (χ1) is 41.2. The van der Waals surface area contributed by atoms with Gasteiger partial charge < -0.3 is 65.2 Å². The van der Waals surface area contributed by atoms with E-state index in [4.69, 9.17) is 29.7 Å². The van der Waals surface area contributed by atoms with Crippen molar-refractivity contribution in [3.63, 3.8) is 0 Å². The number of cyclic esters (lactones) is 1. The number of nitrogens with zero attached hydrogens (tertiary/aromatic N) is 6. The Labute approximate surface area is 505 Å². The van der Waals surface area contributed by atoms with Gasteiger partial charge in [-0.25, -0.2) is 28.6 Å². The van der Waals surface area contributed by atoms with Crippen LogP contribution in [0.1, 0.15) is 119 Å². The van der Waals surface area contributed by atoms with Crippen LogP contribution in [0.3, 0.4) is 0 Å². The highest BCUT2D eigenvalue weighted by Gasteiger charge is 2.52. The lowest BCUT2D eigenvalue weighted by Gasteiger charge is -2.37. The summed E-state index contributed by atoms with van der Waals surface area (Å²) in [6.45, 7) is 15.0. The molecule has 0 radical (unpaired) electrons. The third-order valence-corrected chi connectivity index (χ3v) is 16.5. The maximum absolute atomic E-state index is 15.7. The molecule has 0 saturated carbocycles. The van der Waals surface area contributed by atoms with Crippen LogP contribution in [-0.4, -0.2) is 174 Å². The topological polar surface area (TPSA) is 295 Å². The van der Waals surface area contributed by atoms with E-state index >= 15 is 4.39 Å². The van der Waals surface area contributed by atoms with Gasteiger partial charge in [0, 0.05) is 68.4 Å².